The normalized spacial score (nSPS) is 10.1. The Balaban J connectivity index is -0.000000419. The number of ether oxygens (including phenoxy) is 2. The second-order valence-corrected chi connectivity index (χ2v) is 27.8. The van der Waals surface area contributed by atoms with E-state index < -0.39 is 58.6 Å². The van der Waals surface area contributed by atoms with Crippen LogP contribution in [-0.4, -0.2) is 97.5 Å². The number of hydrogen-bond donors (Lipinski definition) is 0. The summed E-state index contributed by atoms with van der Waals surface area (Å²) in [5, 5.41) is 0. The zero-order valence-corrected chi connectivity index (χ0v) is 34.2. The summed E-state index contributed by atoms with van der Waals surface area (Å²) in [5.41, 5.74) is 19.4. The number of benzene rings is 2. The standard InChI is InChI=1S/2C10H16As2.2C3H8OS.Tc/c2*1-11(2)9-7-5-6-8-10(9)12(3)4;2*1-4-2-3-5;/h2*5-8H,1-4H3;2*5H,2-3H2,1H3;/p-2/i;;;;1+1. The Labute approximate surface area is 261 Å². The van der Waals surface area contributed by atoms with Gasteiger partial charge in [-0.1, -0.05) is 0 Å². The van der Waals surface area contributed by atoms with Crippen molar-refractivity contribution in [1.29, 1.82) is 0 Å². The quantitative estimate of drug-likeness (QED) is 0.299. The molecule has 0 aliphatic heterocycles. The first-order valence-electron chi connectivity index (χ1n) is 11.1. The van der Waals surface area contributed by atoms with Crippen LogP contribution >= 0.6 is 0 Å². The molecule has 0 aromatic heterocycles. The Morgan fingerprint density at radius 3 is 0.800 bits per heavy atom. The van der Waals surface area contributed by atoms with E-state index in [1.165, 1.54) is 0 Å². The third-order valence-electron chi connectivity index (χ3n) is 4.27. The molecule has 2 aromatic rings. The van der Waals surface area contributed by atoms with E-state index in [9.17, 15) is 0 Å². The molecule has 0 saturated carbocycles. The molecule has 0 saturated heterocycles. The molecule has 0 aliphatic carbocycles. The Morgan fingerprint density at radius 1 is 0.514 bits per heavy atom. The van der Waals surface area contributed by atoms with Crippen LogP contribution in [0.15, 0.2) is 48.5 Å². The van der Waals surface area contributed by atoms with Crippen molar-refractivity contribution in [2.45, 2.75) is 45.7 Å². The summed E-state index contributed by atoms with van der Waals surface area (Å²) >= 11 is 6.45. The molecule has 0 bridgehead atoms. The number of rotatable bonds is 8. The fourth-order valence-corrected chi connectivity index (χ4v) is 19.4. The van der Waals surface area contributed by atoms with E-state index in [-0.39, 0.29) is 20.1 Å². The van der Waals surface area contributed by atoms with Crippen LogP contribution in [0.1, 0.15) is 0 Å². The molecule has 203 valence electrons. The molecule has 0 fully saturated rings. The van der Waals surface area contributed by atoms with Gasteiger partial charge in [0.2, 0.25) is 0 Å². The predicted molar refractivity (Wildman–Crippen MR) is 170 cm³/mol. The SMILES string of the molecule is COCC[S-].COCC[S-].C[As](C)c1ccccc1[As](C)C.C[As](C)c1ccccc1[As](C)C.[99Tc]. The first kappa shape index (κ1) is 41.4. The number of hydrogen-bond acceptors (Lipinski definition) is 4. The van der Waals surface area contributed by atoms with Crippen molar-refractivity contribution in [2.75, 3.05) is 38.9 Å². The minimum atomic E-state index is -0.651. The third kappa shape index (κ3) is 21.4. The van der Waals surface area contributed by atoms with Gasteiger partial charge in [-0.15, -0.1) is 0 Å². The van der Waals surface area contributed by atoms with E-state index in [1.54, 1.807) is 31.6 Å². The molecular formula is C26H46As4O2S2Tc-2. The van der Waals surface area contributed by atoms with Gasteiger partial charge < -0.3 is 34.7 Å². The summed E-state index contributed by atoms with van der Waals surface area (Å²) in [6.45, 7) is 1.41. The van der Waals surface area contributed by atoms with Crippen LogP contribution in [0.3, 0.4) is 0 Å². The van der Waals surface area contributed by atoms with Gasteiger partial charge in [-0.25, -0.2) is 0 Å². The first-order chi connectivity index (χ1) is 16.1. The van der Waals surface area contributed by atoms with Gasteiger partial charge in [0.15, 0.2) is 0 Å². The maximum absolute atomic E-state index is 4.59. The molecule has 0 unspecified atom stereocenters. The molecule has 1 radical (unpaired) electrons. The van der Waals surface area contributed by atoms with Crippen LogP contribution in [-0.2, 0) is 54.8 Å². The van der Waals surface area contributed by atoms with Crippen molar-refractivity contribution in [3.8, 4) is 0 Å². The second-order valence-electron chi connectivity index (χ2n) is 7.95. The Kier molecular flexibility index (Phi) is 32.6. The predicted octanol–water partition coefficient (Wildman–Crippen LogP) is 3.58. The monoisotopic (exact) mass is 853 g/mol. The van der Waals surface area contributed by atoms with E-state index in [4.69, 9.17) is 0 Å². The minimum Gasteiger partial charge on any atom is 0 e. The third-order valence-corrected chi connectivity index (χ3v) is 17.6. The van der Waals surface area contributed by atoms with Crippen molar-refractivity contribution in [1.82, 2.24) is 0 Å². The first-order valence-corrected chi connectivity index (χ1v) is 31.0. The Hall–Kier alpha value is 1.94. The van der Waals surface area contributed by atoms with Crippen LogP contribution in [0.4, 0.5) is 0 Å². The van der Waals surface area contributed by atoms with E-state index in [0.717, 1.165) is 0 Å². The summed E-state index contributed by atoms with van der Waals surface area (Å²) in [7, 11) is 3.29. The van der Waals surface area contributed by atoms with Crippen molar-refractivity contribution in [3.05, 3.63) is 48.5 Å². The van der Waals surface area contributed by atoms with Gasteiger partial charge in [-0.05, 0) is 0 Å². The van der Waals surface area contributed by atoms with Crippen molar-refractivity contribution in [2.24, 2.45) is 0 Å². The zero-order chi connectivity index (χ0) is 26.5. The maximum Gasteiger partial charge on any atom is 0 e. The van der Waals surface area contributed by atoms with Gasteiger partial charge in [0.25, 0.3) is 0 Å². The van der Waals surface area contributed by atoms with Crippen molar-refractivity contribution in [3.63, 3.8) is 0 Å². The van der Waals surface area contributed by atoms with E-state index >= 15 is 0 Å². The average Bonchev–Trinajstić information content (AvgIpc) is 2.81. The maximum atomic E-state index is 4.59. The van der Waals surface area contributed by atoms with Crippen LogP contribution < -0.4 is 17.4 Å². The molecule has 0 spiro atoms. The summed E-state index contributed by atoms with van der Waals surface area (Å²) < 4.78 is 16.0. The smallest absolute Gasteiger partial charge is 0 e. The van der Waals surface area contributed by atoms with Gasteiger partial charge in [-0.2, -0.15) is 11.5 Å². The van der Waals surface area contributed by atoms with Crippen molar-refractivity contribution >= 4 is 101 Å². The van der Waals surface area contributed by atoms with Crippen LogP contribution in [0.5, 0.6) is 0 Å². The van der Waals surface area contributed by atoms with Crippen molar-refractivity contribution < 1.29 is 29.6 Å². The topological polar surface area (TPSA) is 18.5 Å². The fraction of sp³-hybridized carbons (Fsp3) is 0.538. The molecule has 0 heterocycles. The molecule has 2 nitrogen and oxygen atoms in total. The summed E-state index contributed by atoms with van der Waals surface area (Å²) in [4.78, 5) is 0. The minimum absolute atomic E-state index is 0. The average molecular weight is 853 g/mol. The molecule has 35 heavy (non-hydrogen) atoms. The van der Waals surface area contributed by atoms with E-state index in [1.807, 2.05) is 0 Å². The molecule has 9 heteroatoms. The molecule has 2 aromatic carbocycles. The molecule has 2 rings (SSSR count). The van der Waals surface area contributed by atoms with E-state index in [2.05, 4.69) is 129 Å². The largest absolute Gasteiger partial charge is 0 e. The summed E-state index contributed by atoms with van der Waals surface area (Å²) in [5.74, 6) is 1.41. The van der Waals surface area contributed by atoms with Crippen LogP contribution in [0.25, 0.3) is 0 Å². The number of methoxy groups -OCH3 is 2. The van der Waals surface area contributed by atoms with E-state index in [0.29, 0.717) is 24.7 Å². The summed E-state index contributed by atoms with van der Waals surface area (Å²) in [6.07, 6.45) is 0. The molecular weight excluding hydrogens is 807 g/mol. The van der Waals surface area contributed by atoms with Crippen LogP contribution in [0, 0.1) is 0 Å². The fourth-order valence-electron chi connectivity index (χ4n) is 2.61. The zero-order valence-electron chi connectivity index (χ0n) is 23.2. The Bertz CT molecular complexity index is 617. The van der Waals surface area contributed by atoms with Crippen LogP contribution in [0.2, 0.25) is 45.7 Å². The Morgan fingerprint density at radius 2 is 0.714 bits per heavy atom. The molecule has 0 amide bonds. The summed E-state index contributed by atoms with van der Waals surface area (Å²) in [6, 6.07) is 18.1. The van der Waals surface area contributed by atoms with Gasteiger partial charge in [0.05, 0.1) is 0 Å². The van der Waals surface area contributed by atoms with Gasteiger partial charge in [0, 0.05) is 47.5 Å². The molecule has 0 N–H and O–H groups in total. The molecule has 0 atom stereocenters. The second kappa shape index (κ2) is 27.5. The molecule has 0 aliphatic rings. The van der Waals surface area contributed by atoms with Gasteiger partial charge in [0.1, 0.15) is 0 Å². The van der Waals surface area contributed by atoms with Gasteiger partial charge in [-0.3, -0.25) is 0 Å². The van der Waals surface area contributed by atoms with Gasteiger partial charge >= 0.3 is 170 Å².